The van der Waals surface area contributed by atoms with Gasteiger partial charge in [0.2, 0.25) is 0 Å². The van der Waals surface area contributed by atoms with E-state index in [9.17, 15) is 0 Å². The lowest BCUT2D eigenvalue weighted by molar-refractivity contribution is 0.646. The highest BCUT2D eigenvalue weighted by Gasteiger charge is 1.97. The molecule has 0 saturated carbocycles. The fourth-order valence-corrected chi connectivity index (χ4v) is 1.21. The van der Waals surface area contributed by atoms with Crippen molar-refractivity contribution in [2.24, 2.45) is 10.7 Å². The second kappa shape index (κ2) is 11.6. The van der Waals surface area contributed by atoms with Crippen LogP contribution in [-0.2, 0) is 0 Å². The lowest BCUT2D eigenvalue weighted by Crippen LogP contribution is -2.19. The molecule has 2 nitrogen and oxygen atoms in total. The zero-order valence-electron chi connectivity index (χ0n) is 10.3. The van der Waals surface area contributed by atoms with Crippen LogP contribution in [0.25, 0.3) is 0 Å². The van der Waals surface area contributed by atoms with Crippen molar-refractivity contribution in [3.8, 4) is 0 Å². The van der Waals surface area contributed by atoms with Gasteiger partial charge in [-0.25, -0.2) is 0 Å². The third kappa shape index (κ3) is 11.3. The van der Waals surface area contributed by atoms with E-state index in [1.165, 1.54) is 0 Å². The smallest absolute Gasteiger partial charge is 0.0405 e. The van der Waals surface area contributed by atoms with Gasteiger partial charge in [0.15, 0.2) is 0 Å². The number of halogens is 1. The van der Waals surface area contributed by atoms with Gasteiger partial charge in [-0.15, -0.1) is 0 Å². The summed E-state index contributed by atoms with van der Waals surface area (Å²) in [7, 11) is 0. The van der Waals surface area contributed by atoms with E-state index in [0.29, 0.717) is 0 Å². The average molecular weight is 297 g/mol. The first-order valence-electron chi connectivity index (χ1n) is 5.73. The Labute approximate surface area is 113 Å². The van der Waals surface area contributed by atoms with Crippen LogP contribution in [0.5, 0.6) is 0 Å². The largest absolute Gasteiger partial charge is 0.327 e. The predicted octanol–water partition coefficient (Wildman–Crippen LogP) is 4.11. The van der Waals surface area contributed by atoms with E-state index in [2.05, 4.69) is 33.6 Å². The maximum atomic E-state index is 5.94. The molecule has 0 aromatic carbocycles. The Kier molecular flexibility index (Phi) is 10.9. The summed E-state index contributed by atoms with van der Waals surface area (Å²) >= 11 is 3.29. The molecule has 94 valence electrons. The molecule has 0 aliphatic heterocycles. The first-order valence-corrected chi connectivity index (χ1v) is 6.53. The quantitative estimate of drug-likeness (QED) is 0.531. The Morgan fingerprint density at radius 2 is 2.24 bits per heavy atom. The number of hydrogen-bond acceptors (Lipinski definition) is 2. The Morgan fingerprint density at radius 1 is 1.47 bits per heavy atom. The molecular formula is C14H21BrN2. The molecule has 3 heteroatoms. The summed E-state index contributed by atoms with van der Waals surface area (Å²) in [6, 6.07) is 0.171. The molecule has 0 heterocycles. The summed E-state index contributed by atoms with van der Waals surface area (Å²) in [5, 5.41) is 0. The van der Waals surface area contributed by atoms with Gasteiger partial charge >= 0.3 is 0 Å². The molecular weight excluding hydrogens is 276 g/mol. The number of allylic oxidation sites excluding steroid dienone is 6. The molecule has 0 aliphatic rings. The summed E-state index contributed by atoms with van der Waals surface area (Å²) < 4.78 is 0.872. The van der Waals surface area contributed by atoms with Crippen LogP contribution < -0.4 is 5.73 Å². The van der Waals surface area contributed by atoms with Gasteiger partial charge in [0.25, 0.3) is 0 Å². The molecule has 1 unspecified atom stereocenters. The molecule has 0 aromatic heterocycles. The summed E-state index contributed by atoms with van der Waals surface area (Å²) in [5.74, 6) is 0. The topological polar surface area (TPSA) is 38.4 Å². The summed E-state index contributed by atoms with van der Waals surface area (Å²) in [6.07, 6.45) is 16.2. The molecule has 0 radical (unpaired) electrons. The van der Waals surface area contributed by atoms with Crippen molar-refractivity contribution < 1.29 is 0 Å². The second-order valence-corrected chi connectivity index (χ2v) is 4.49. The molecule has 0 saturated heterocycles. The predicted molar refractivity (Wildman–Crippen MR) is 81.5 cm³/mol. The van der Waals surface area contributed by atoms with E-state index < -0.39 is 0 Å². The lowest BCUT2D eigenvalue weighted by Gasteiger charge is -2.05. The normalized spacial score (nSPS) is 15.1. The first-order chi connectivity index (χ1) is 8.20. The number of aliphatic imine (C=N–C) groups is 1. The second-order valence-electron chi connectivity index (χ2n) is 3.58. The zero-order valence-corrected chi connectivity index (χ0v) is 11.9. The van der Waals surface area contributed by atoms with Crippen molar-refractivity contribution in [3.63, 3.8) is 0 Å². The minimum atomic E-state index is 0.171. The number of nitrogens with zero attached hydrogens (tertiary/aromatic N) is 1. The average Bonchev–Trinajstić information content (AvgIpc) is 2.34. The van der Waals surface area contributed by atoms with Gasteiger partial charge in [-0.3, -0.25) is 4.99 Å². The molecule has 0 spiro atoms. The molecule has 17 heavy (non-hydrogen) atoms. The van der Waals surface area contributed by atoms with Gasteiger partial charge in [0.1, 0.15) is 0 Å². The molecule has 0 amide bonds. The minimum Gasteiger partial charge on any atom is -0.327 e. The van der Waals surface area contributed by atoms with Gasteiger partial charge in [-0.2, -0.15) is 0 Å². The molecule has 2 N–H and O–H groups in total. The summed E-state index contributed by atoms with van der Waals surface area (Å²) in [4.78, 5) is 4.13. The Balaban J connectivity index is 3.72. The van der Waals surface area contributed by atoms with Crippen LogP contribution in [0, 0.1) is 0 Å². The van der Waals surface area contributed by atoms with Crippen molar-refractivity contribution in [2.75, 3.05) is 0 Å². The maximum Gasteiger partial charge on any atom is 0.0405 e. The molecule has 1 atom stereocenters. The zero-order chi connectivity index (χ0) is 12.9. The highest BCUT2D eigenvalue weighted by Crippen LogP contribution is 2.04. The van der Waals surface area contributed by atoms with E-state index >= 15 is 0 Å². The van der Waals surface area contributed by atoms with Crippen LogP contribution in [0.15, 0.2) is 52.6 Å². The number of nitrogens with two attached hydrogens (primary N) is 1. The summed E-state index contributed by atoms with van der Waals surface area (Å²) in [6.45, 7) is 5.61. The highest BCUT2D eigenvalue weighted by atomic mass is 79.9. The van der Waals surface area contributed by atoms with Crippen LogP contribution in [0.2, 0.25) is 0 Å². The van der Waals surface area contributed by atoms with Gasteiger partial charge in [0, 0.05) is 22.9 Å². The molecule has 0 rings (SSSR count). The van der Waals surface area contributed by atoms with Gasteiger partial charge in [-0.05, 0) is 42.1 Å². The fourth-order valence-electron chi connectivity index (χ4n) is 1.09. The van der Waals surface area contributed by atoms with Crippen molar-refractivity contribution >= 4 is 22.1 Å². The molecule has 0 aromatic rings. The van der Waals surface area contributed by atoms with E-state index in [1.54, 1.807) is 12.3 Å². The maximum absolute atomic E-state index is 5.94. The SMILES string of the molecule is C=C/C(Br)=C\N=C/CC(N)CC/C=C\C=C/C. The van der Waals surface area contributed by atoms with Gasteiger partial charge in [0.05, 0.1) is 0 Å². The van der Waals surface area contributed by atoms with Crippen molar-refractivity contribution in [1.82, 2.24) is 0 Å². The molecule has 0 aliphatic carbocycles. The van der Waals surface area contributed by atoms with Crippen LogP contribution in [0.1, 0.15) is 26.2 Å². The highest BCUT2D eigenvalue weighted by molar-refractivity contribution is 9.11. The van der Waals surface area contributed by atoms with Crippen LogP contribution in [-0.4, -0.2) is 12.3 Å². The van der Waals surface area contributed by atoms with E-state index in [0.717, 1.165) is 23.7 Å². The van der Waals surface area contributed by atoms with Crippen LogP contribution in [0.4, 0.5) is 0 Å². The Morgan fingerprint density at radius 3 is 2.88 bits per heavy atom. The number of rotatable bonds is 8. The van der Waals surface area contributed by atoms with Crippen LogP contribution in [0.3, 0.4) is 0 Å². The monoisotopic (exact) mass is 296 g/mol. The third-order valence-corrected chi connectivity index (χ3v) is 2.58. The fraction of sp³-hybridized carbons (Fsp3) is 0.357. The lowest BCUT2D eigenvalue weighted by atomic mass is 10.1. The van der Waals surface area contributed by atoms with Crippen molar-refractivity contribution in [2.45, 2.75) is 32.2 Å². The van der Waals surface area contributed by atoms with Crippen molar-refractivity contribution in [3.05, 3.63) is 47.6 Å². The van der Waals surface area contributed by atoms with E-state index in [1.807, 2.05) is 31.4 Å². The van der Waals surface area contributed by atoms with E-state index in [4.69, 9.17) is 5.73 Å². The standard InChI is InChI=1S/C14H21BrN2/c1-3-5-6-7-8-9-14(16)10-11-17-12-13(15)4-2/h3-7,11-12,14H,2,8-10,16H2,1H3/b5-3-,7-6-,13-12+,17-11-. The van der Waals surface area contributed by atoms with Crippen molar-refractivity contribution in [1.29, 1.82) is 0 Å². The van der Waals surface area contributed by atoms with Gasteiger partial charge < -0.3 is 5.73 Å². The minimum absolute atomic E-state index is 0.171. The first kappa shape index (κ1) is 16.1. The Bertz CT molecular complexity index is 314. The van der Waals surface area contributed by atoms with Gasteiger partial charge in [-0.1, -0.05) is 37.0 Å². The van der Waals surface area contributed by atoms with E-state index in [-0.39, 0.29) is 6.04 Å². The molecule has 0 bridgehead atoms. The number of hydrogen-bond donors (Lipinski definition) is 1. The Hall–Kier alpha value is -0.930. The molecule has 0 fully saturated rings. The third-order valence-electron chi connectivity index (χ3n) is 2.05. The summed E-state index contributed by atoms with van der Waals surface area (Å²) in [5.41, 5.74) is 5.94. The van der Waals surface area contributed by atoms with Crippen LogP contribution >= 0.6 is 15.9 Å².